The lowest BCUT2D eigenvalue weighted by atomic mass is 10.0. The molecule has 1 saturated heterocycles. The Morgan fingerprint density at radius 1 is 1.35 bits per heavy atom. The predicted molar refractivity (Wildman–Crippen MR) is 88.4 cm³/mol. The van der Waals surface area contributed by atoms with Crippen molar-refractivity contribution in [3.8, 4) is 0 Å². The molecule has 1 aliphatic heterocycles. The lowest BCUT2D eigenvalue weighted by Crippen LogP contribution is -2.20. The normalized spacial score (nSPS) is 17.6. The molecule has 0 aliphatic carbocycles. The number of likely N-dealkylation sites (N-methyl/N-ethyl adjacent to an activating group) is 1. The molecule has 2 N–H and O–H groups in total. The van der Waals surface area contributed by atoms with Gasteiger partial charge in [-0.2, -0.15) is 0 Å². The van der Waals surface area contributed by atoms with Crippen molar-refractivity contribution in [2.45, 2.75) is 25.8 Å². The highest BCUT2D eigenvalue weighted by atomic mass is 16.2. The third-order valence-electron chi connectivity index (χ3n) is 4.23. The third kappa shape index (κ3) is 3.41. The van der Waals surface area contributed by atoms with E-state index in [2.05, 4.69) is 15.3 Å². The number of nitrogens with one attached hydrogen (secondary N) is 2. The molecule has 6 heteroatoms. The number of H-pyrrole nitrogens is 1. The van der Waals surface area contributed by atoms with Gasteiger partial charge in [0.1, 0.15) is 0 Å². The van der Waals surface area contributed by atoms with Crippen LogP contribution in [0.2, 0.25) is 0 Å². The summed E-state index contributed by atoms with van der Waals surface area (Å²) in [6.45, 7) is 3.23. The Kier molecular flexibility index (Phi) is 4.14. The maximum absolute atomic E-state index is 11.9. The van der Waals surface area contributed by atoms with Crippen molar-refractivity contribution >= 4 is 11.9 Å². The van der Waals surface area contributed by atoms with Gasteiger partial charge in [-0.05, 0) is 18.1 Å². The van der Waals surface area contributed by atoms with Crippen LogP contribution in [0.1, 0.15) is 29.2 Å². The molecule has 3 rings (SSSR count). The van der Waals surface area contributed by atoms with Crippen LogP contribution in [-0.2, 0) is 11.3 Å². The number of amides is 1. The summed E-state index contributed by atoms with van der Waals surface area (Å²) in [6.07, 6.45) is 0.407. The van der Waals surface area contributed by atoms with Crippen LogP contribution in [0.4, 0.5) is 5.95 Å². The van der Waals surface area contributed by atoms with Gasteiger partial charge in [-0.15, -0.1) is 0 Å². The molecule has 1 fully saturated rings. The van der Waals surface area contributed by atoms with Gasteiger partial charge in [0.2, 0.25) is 11.9 Å². The van der Waals surface area contributed by atoms with Crippen molar-refractivity contribution in [1.29, 1.82) is 0 Å². The van der Waals surface area contributed by atoms with E-state index in [-0.39, 0.29) is 17.4 Å². The molecule has 2 aromatic rings. The summed E-state index contributed by atoms with van der Waals surface area (Å²) in [5, 5.41) is 3.16. The quantitative estimate of drug-likeness (QED) is 0.899. The molecule has 1 aromatic carbocycles. The average molecular weight is 312 g/mol. The average Bonchev–Trinajstić information content (AvgIpc) is 2.86. The van der Waals surface area contributed by atoms with Crippen LogP contribution in [-0.4, -0.2) is 34.4 Å². The maximum atomic E-state index is 11.9. The number of rotatable bonds is 4. The zero-order valence-electron chi connectivity index (χ0n) is 13.3. The molecule has 1 aliphatic rings. The Balaban J connectivity index is 1.77. The van der Waals surface area contributed by atoms with Crippen LogP contribution in [0.3, 0.4) is 0 Å². The van der Waals surface area contributed by atoms with Crippen LogP contribution < -0.4 is 10.9 Å². The molecule has 1 aromatic heterocycles. The smallest absolute Gasteiger partial charge is 0.252 e. The maximum Gasteiger partial charge on any atom is 0.252 e. The summed E-state index contributed by atoms with van der Waals surface area (Å²) in [4.78, 5) is 32.4. The summed E-state index contributed by atoms with van der Waals surface area (Å²) in [7, 11) is 1.77. The number of nitrogens with zero attached hydrogens (tertiary/aromatic N) is 2. The minimum Gasteiger partial charge on any atom is -0.352 e. The molecule has 0 radical (unpaired) electrons. The largest absolute Gasteiger partial charge is 0.352 e. The molecule has 2 heterocycles. The second-order valence-electron chi connectivity index (χ2n) is 5.97. The minimum absolute atomic E-state index is 0.0196. The van der Waals surface area contributed by atoms with Crippen LogP contribution in [0.15, 0.2) is 35.1 Å². The lowest BCUT2D eigenvalue weighted by molar-refractivity contribution is -0.126. The van der Waals surface area contributed by atoms with Crippen LogP contribution in [0.25, 0.3) is 0 Å². The number of likely N-dealkylation sites (tertiary alicyclic amines) is 1. The molecule has 0 bridgehead atoms. The van der Waals surface area contributed by atoms with Crippen molar-refractivity contribution in [1.82, 2.24) is 14.9 Å². The first-order valence-corrected chi connectivity index (χ1v) is 7.66. The zero-order chi connectivity index (χ0) is 16.4. The zero-order valence-corrected chi connectivity index (χ0v) is 13.3. The van der Waals surface area contributed by atoms with Gasteiger partial charge in [-0.3, -0.25) is 14.6 Å². The van der Waals surface area contributed by atoms with Crippen molar-refractivity contribution in [3.63, 3.8) is 0 Å². The Morgan fingerprint density at radius 3 is 2.83 bits per heavy atom. The van der Waals surface area contributed by atoms with Crippen molar-refractivity contribution < 1.29 is 4.79 Å². The summed E-state index contributed by atoms with van der Waals surface area (Å²) >= 11 is 0. The first-order chi connectivity index (χ1) is 11.0. The molecule has 1 amide bonds. The molecule has 0 saturated carbocycles. The van der Waals surface area contributed by atoms with E-state index in [9.17, 15) is 9.59 Å². The molecule has 1 unspecified atom stereocenters. The fraction of sp³-hybridized carbons (Fsp3) is 0.353. The van der Waals surface area contributed by atoms with E-state index in [1.54, 1.807) is 11.9 Å². The fourth-order valence-corrected chi connectivity index (χ4v) is 2.82. The number of benzene rings is 1. The molecule has 1 atom stereocenters. The van der Waals surface area contributed by atoms with Crippen LogP contribution in [0.5, 0.6) is 0 Å². The highest BCUT2D eigenvalue weighted by molar-refractivity contribution is 5.79. The number of aryl methyl sites for hydroxylation is 1. The Morgan fingerprint density at radius 2 is 2.13 bits per heavy atom. The second-order valence-corrected chi connectivity index (χ2v) is 5.97. The van der Waals surface area contributed by atoms with E-state index in [1.165, 1.54) is 11.6 Å². The molecule has 120 valence electrons. The summed E-state index contributed by atoms with van der Waals surface area (Å²) in [6, 6.07) is 9.54. The monoisotopic (exact) mass is 312 g/mol. The fourth-order valence-electron chi connectivity index (χ4n) is 2.82. The van der Waals surface area contributed by atoms with Crippen LogP contribution in [0, 0.1) is 6.92 Å². The minimum atomic E-state index is -0.204. The van der Waals surface area contributed by atoms with Crippen LogP contribution >= 0.6 is 0 Å². The highest BCUT2D eigenvalue weighted by Crippen LogP contribution is 2.25. The van der Waals surface area contributed by atoms with E-state index < -0.39 is 0 Å². The molecular formula is C17H20N4O2. The molecule has 23 heavy (non-hydrogen) atoms. The van der Waals surface area contributed by atoms with Gasteiger partial charge in [0, 0.05) is 38.5 Å². The van der Waals surface area contributed by atoms with E-state index in [1.807, 2.05) is 31.2 Å². The number of aromatic nitrogens is 2. The van der Waals surface area contributed by atoms with Gasteiger partial charge in [0.05, 0.1) is 5.69 Å². The lowest BCUT2D eigenvalue weighted by Gasteiger charge is -2.12. The first-order valence-electron chi connectivity index (χ1n) is 7.66. The molecule has 0 spiro atoms. The Labute approximate surface area is 134 Å². The standard InChI is InChI=1S/C17H20N4O2/c1-11-5-3-4-6-12(11)9-18-17-19-14(8-15(22)20-17)13-7-16(23)21(2)10-13/h3-6,8,13H,7,9-10H2,1-2H3,(H2,18,19,20,22). The van der Waals surface area contributed by atoms with Gasteiger partial charge in [-0.1, -0.05) is 24.3 Å². The second kappa shape index (κ2) is 6.24. The van der Waals surface area contributed by atoms with Gasteiger partial charge in [0.25, 0.3) is 5.56 Å². The van der Waals surface area contributed by atoms with Crippen molar-refractivity contribution in [2.75, 3.05) is 18.9 Å². The van der Waals surface area contributed by atoms with Crippen molar-refractivity contribution in [2.24, 2.45) is 0 Å². The number of carbonyl (C=O) groups excluding carboxylic acids is 1. The summed E-state index contributed by atoms with van der Waals surface area (Å²) in [5.41, 5.74) is 2.79. The Hall–Kier alpha value is -2.63. The molecular weight excluding hydrogens is 292 g/mol. The molecule has 6 nitrogen and oxygen atoms in total. The SMILES string of the molecule is Cc1ccccc1CNc1nc(C2CC(=O)N(C)C2)cc(=O)[nH]1. The van der Waals surface area contributed by atoms with E-state index >= 15 is 0 Å². The summed E-state index contributed by atoms with van der Waals surface area (Å²) in [5.74, 6) is 0.512. The number of carbonyl (C=O) groups is 1. The van der Waals surface area contributed by atoms with Gasteiger partial charge in [-0.25, -0.2) is 4.98 Å². The van der Waals surface area contributed by atoms with E-state index in [0.29, 0.717) is 31.2 Å². The number of anilines is 1. The van der Waals surface area contributed by atoms with E-state index in [0.717, 1.165) is 5.56 Å². The first kappa shape index (κ1) is 15.3. The predicted octanol–water partition coefficient (Wildman–Crippen LogP) is 1.64. The van der Waals surface area contributed by atoms with Crippen molar-refractivity contribution in [3.05, 3.63) is 57.5 Å². The number of aromatic amines is 1. The van der Waals surface area contributed by atoms with Gasteiger partial charge >= 0.3 is 0 Å². The van der Waals surface area contributed by atoms with Gasteiger partial charge < -0.3 is 10.2 Å². The number of hydrogen-bond donors (Lipinski definition) is 2. The highest BCUT2D eigenvalue weighted by Gasteiger charge is 2.29. The van der Waals surface area contributed by atoms with Gasteiger partial charge in [0.15, 0.2) is 0 Å². The third-order valence-corrected chi connectivity index (χ3v) is 4.23. The van der Waals surface area contributed by atoms with E-state index in [4.69, 9.17) is 0 Å². The topological polar surface area (TPSA) is 78.1 Å². The number of hydrogen-bond acceptors (Lipinski definition) is 4. The Bertz CT molecular complexity index is 784. The summed E-state index contributed by atoms with van der Waals surface area (Å²) < 4.78 is 0.